The van der Waals surface area contributed by atoms with Crippen molar-refractivity contribution in [3.63, 3.8) is 0 Å². The second-order valence-electron chi connectivity index (χ2n) is 7.49. The van der Waals surface area contributed by atoms with Crippen molar-refractivity contribution < 1.29 is 19.5 Å². The van der Waals surface area contributed by atoms with E-state index < -0.39 is 24.5 Å². The van der Waals surface area contributed by atoms with Crippen molar-refractivity contribution in [1.29, 1.82) is 0 Å². The molecule has 29 heavy (non-hydrogen) atoms. The number of nitrogens with zero attached hydrogens (tertiary/aromatic N) is 6. The molecule has 3 aromatic heterocycles. The van der Waals surface area contributed by atoms with Gasteiger partial charge in [0.05, 0.1) is 6.33 Å². The first-order valence-corrected chi connectivity index (χ1v) is 9.59. The smallest absolute Gasteiger partial charge is 0.258 e. The predicted octanol–water partition coefficient (Wildman–Crippen LogP) is 0.446. The van der Waals surface area contributed by atoms with E-state index in [2.05, 4.69) is 30.4 Å². The Morgan fingerprint density at radius 2 is 1.97 bits per heavy atom. The molecule has 1 aliphatic heterocycles. The van der Waals surface area contributed by atoms with E-state index >= 15 is 0 Å². The number of nitrogen functional groups attached to an aromatic ring is 1. The maximum absolute atomic E-state index is 10.6. The Labute approximate surface area is 165 Å². The summed E-state index contributed by atoms with van der Waals surface area (Å²) in [4.78, 5) is 17.2. The summed E-state index contributed by atoms with van der Waals surface area (Å²) < 4.78 is 12.5. The Bertz CT molecular complexity index is 1030. The van der Waals surface area contributed by atoms with Gasteiger partial charge in [0.25, 0.3) is 5.89 Å². The van der Waals surface area contributed by atoms with Crippen molar-refractivity contribution in [2.24, 2.45) is 0 Å². The number of aromatic nitrogens is 6. The van der Waals surface area contributed by atoms with E-state index in [1.807, 2.05) is 0 Å². The maximum Gasteiger partial charge on any atom is 0.258 e. The summed E-state index contributed by atoms with van der Waals surface area (Å²) >= 11 is 0. The zero-order valence-corrected chi connectivity index (χ0v) is 15.8. The van der Waals surface area contributed by atoms with Crippen LogP contribution in [0, 0.1) is 6.92 Å². The van der Waals surface area contributed by atoms with E-state index in [0.717, 1.165) is 12.8 Å². The van der Waals surface area contributed by atoms with E-state index in [1.165, 1.54) is 23.7 Å². The minimum absolute atomic E-state index is 0.0960. The van der Waals surface area contributed by atoms with Gasteiger partial charge in [0.1, 0.15) is 17.7 Å². The number of hydrogen-bond acceptors (Lipinski definition) is 11. The molecule has 4 atom stereocenters. The lowest BCUT2D eigenvalue weighted by molar-refractivity contribution is -0.0451. The number of nitrogens with one attached hydrogen (secondary N) is 1. The van der Waals surface area contributed by atoms with Crippen LogP contribution in [0.25, 0.3) is 11.2 Å². The van der Waals surface area contributed by atoms with Gasteiger partial charge < -0.3 is 30.5 Å². The van der Waals surface area contributed by atoms with Gasteiger partial charge in [-0.3, -0.25) is 4.57 Å². The molecule has 5 rings (SSSR count). The fourth-order valence-electron chi connectivity index (χ4n) is 3.96. The summed E-state index contributed by atoms with van der Waals surface area (Å²) in [5, 5.41) is 28.1. The number of aliphatic hydroxyl groups is 2. The molecule has 1 saturated heterocycles. The van der Waals surface area contributed by atoms with Crippen molar-refractivity contribution in [1.82, 2.24) is 29.7 Å². The van der Waals surface area contributed by atoms with Gasteiger partial charge in [-0.05, 0) is 19.8 Å². The van der Waals surface area contributed by atoms with Gasteiger partial charge in [0.2, 0.25) is 5.95 Å². The number of nitrogens with two attached hydrogens (primary N) is 1. The molecule has 0 unspecified atom stereocenters. The molecule has 0 radical (unpaired) electrons. The number of aryl methyl sites for hydroxylation is 1. The first-order valence-electron chi connectivity index (χ1n) is 9.59. The molecule has 154 valence electrons. The number of ether oxygens (including phenoxy) is 1. The Morgan fingerprint density at radius 3 is 2.69 bits per heavy atom. The first-order chi connectivity index (χ1) is 14.0. The van der Waals surface area contributed by atoms with E-state index in [-0.39, 0.29) is 11.7 Å². The SMILES string of the molecule is Cc1noc([C@H]2O[C@@H](n3cnc4c(N)nc(NC5CCCC5)nc43)[C@H](O)[C@@H]2O)n1. The van der Waals surface area contributed by atoms with E-state index in [0.29, 0.717) is 29.0 Å². The minimum Gasteiger partial charge on any atom is -0.387 e. The topological polar surface area (TPSA) is 170 Å². The van der Waals surface area contributed by atoms with E-state index in [4.69, 9.17) is 15.0 Å². The van der Waals surface area contributed by atoms with Gasteiger partial charge >= 0.3 is 0 Å². The van der Waals surface area contributed by atoms with Crippen molar-refractivity contribution in [3.05, 3.63) is 18.0 Å². The highest BCUT2D eigenvalue weighted by Crippen LogP contribution is 2.39. The summed E-state index contributed by atoms with van der Waals surface area (Å²) in [5.74, 6) is 1.13. The molecule has 0 aromatic carbocycles. The van der Waals surface area contributed by atoms with Crippen LogP contribution in [0.2, 0.25) is 0 Å². The summed E-state index contributed by atoms with van der Waals surface area (Å²) in [6, 6.07) is 0.309. The van der Waals surface area contributed by atoms with Crippen LogP contribution in [-0.2, 0) is 4.74 Å². The van der Waals surface area contributed by atoms with E-state index in [1.54, 1.807) is 6.92 Å². The molecule has 0 spiro atoms. The standard InChI is InChI=1S/C17H22N8O4/c1-7-20-15(29-24-7)12-10(26)11(27)16(28-12)25-6-19-9-13(18)22-17(23-14(9)25)21-8-4-2-3-5-8/h6,8,10-12,16,26-27H,2-5H2,1H3,(H3,18,21,22,23)/t10-,11+,12-,16+/m0/s1. The summed E-state index contributed by atoms with van der Waals surface area (Å²) in [6.45, 7) is 1.66. The fraction of sp³-hybridized carbons (Fsp3) is 0.588. The number of imidazole rings is 1. The first kappa shape index (κ1) is 18.2. The molecule has 4 heterocycles. The lowest BCUT2D eigenvalue weighted by Gasteiger charge is -2.17. The van der Waals surface area contributed by atoms with Gasteiger partial charge in [-0.25, -0.2) is 4.98 Å². The third kappa shape index (κ3) is 3.09. The molecule has 1 aliphatic carbocycles. The second-order valence-corrected chi connectivity index (χ2v) is 7.49. The van der Waals surface area contributed by atoms with Gasteiger partial charge in [0.15, 0.2) is 29.6 Å². The van der Waals surface area contributed by atoms with Gasteiger partial charge in [-0.1, -0.05) is 18.0 Å². The number of hydrogen-bond donors (Lipinski definition) is 4. The molecule has 5 N–H and O–H groups in total. The molecule has 2 aliphatic rings. The summed E-state index contributed by atoms with van der Waals surface area (Å²) in [5.41, 5.74) is 6.87. The van der Waals surface area contributed by atoms with Crippen molar-refractivity contribution in [2.45, 2.75) is 63.2 Å². The van der Waals surface area contributed by atoms with Crippen LogP contribution in [0.3, 0.4) is 0 Å². The molecule has 3 aromatic rings. The Kier molecular flexibility index (Phi) is 4.33. The minimum atomic E-state index is -1.26. The van der Waals surface area contributed by atoms with Crippen LogP contribution in [0.15, 0.2) is 10.9 Å². The molecular weight excluding hydrogens is 380 g/mol. The Morgan fingerprint density at radius 1 is 1.17 bits per heavy atom. The lowest BCUT2D eigenvalue weighted by Crippen LogP contribution is -2.29. The lowest BCUT2D eigenvalue weighted by atomic mass is 10.1. The normalized spacial score (nSPS) is 27.8. The maximum atomic E-state index is 10.6. The second kappa shape index (κ2) is 6.90. The zero-order chi connectivity index (χ0) is 20.1. The van der Waals surface area contributed by atoms with Gasteiger partial charge in [-0.15, -0.1) is 0 Å². The number of aliphatic hydroxyl groups excluding tert-OH is 2. The van der Waals surface area contributed by atoms with Crippen LogP contribution in [-0.4, -0.2) is 58.1 Å². The van der Waals surface area contributed by atoms with Crippen molar-refractivity contribution in [2.75, 3.05) is 11.1 Å². The molecular formula is C17H22N8O4. The predicted molar refractivity (Wildman–Crippen MR) is 99.5 cm³/mol. The highest BCUT2D eigenvalue weighted by Gasteiger charge is 2.47. The van der Waals surface area contributed by atoms with Crippen LogP contribution in [0.5, 0.6) is 0 Å². The summed E-state index contributed by atoms with van der Waals surface area (Å²) in [6.07, 6.45) is 1.47. The average Bonchev–Trinajstić information content (AvgIpc) is 3.46. The monoisotopic (exact) mass is 402 g/mol. The van der Waals surface area contributed by atoms with Crippen LogP contribution >= 0.6 is 0 Å². The van der Waals surface area contributed by atoms with Gasteiger partial charge in [0, 0.05) is 6.04 Å². The third-order valence-electron chi connectivity index (χ3n) is 5.44. The van der Waals surface area contributed by atoms with Crippen LogP contribution in [0.4, 0.5) is 11.8 Å². The molecule has 2 fully saturated rings. The highest BCUT2D eigenvalue weighted by atomic mass is 16.6. The third-order valence-corrected chi connectivity index (χ3v) is 5.44. The van der Waals surface area contributed by atoms with Crippen LogP contribution in [0.1, 0.15) is 49.7 Å². The molecule has 0 amide bonds. The highest BCUT2D eigenvalue weighted by molar-refractivity contribution is 5.83. The molecule has 1 saturated carbocycles. The van der Waals surface area contributed by atoms with Gasteiger partial charge in [-0.2, -0.15) is 15.0 Å². The zero-order valence-electron chi connectivity index (χ0n) is 15.8. The van der Waals surface area contributed by atoms with Crippen molar-refractivity contribution >= 4 is 22.9 Å². The van der Waals surface area contributed by atoms with Crippen LogP contribution < -0.4 is 11.1 Å². The van der Waals surface area contributed by atoms with Crippen molar-refractivity contribution in [3.8, 4) is 0 Å². The molecule has 12 nitrogen and oxygen atoms in total. The summed E-state index contributed by atoms with van der Waals surface area (Å²) in [7, 11) is 0. The largest absolute Gasteiger partial charge is 0.387 e. The number of fused-ring (bicyclic) bond motifs is 1. The quantitative estimate of drug-likeness (QED) is 0.477. The Hall–Kier alpha value is -2.83. The number of rotatable bonds is 4. The number of anilines is 2. The fourth-order valence-corrected chi connectivity index (χ4v) is 3.96. The average molecular weight is 402 g/mol. The van der Waals surface area contributed by atoms with E-state index in [9.17, 15) is 10.2 Å². The molecule has 0 bridgehead atoms. The Balaban J connectivity index is 1.48. The molecule has 12 heteroatoms.